The summed E-state index contributed by atoms with van der Waals surface area (Å²) < 4.78 is 5.35. The highest BCUT2D eigenvalue weighted by Crippen LogP contribution is 2.43. The molecule has 2 nitrogen and oxygen atoms in total. The Morgan fingerprint density at radius 1 is 1.38 bits per heavy atom. The maximum absolute atomic E-state index is 10.9. The Balaban J connectivity index is 2.13. The summed E-state index contributed by atoms with van der Waals surface area (Å²) in [6.07, 6.45) is 8.97. The summed E-state index contributed by atoms with van der Waals surface area (Å²) >= 11 is 0. The van der Waals surface area contributed by atoms with Crippen LogP contribution in [0.15, 0.2) is 12.2 Å². The minimum absolute atomic E-state index is 0.139. The molecule has 0 amide bonds. The van der Waals surface area contributed by atoms with Gasteiger partial charge in [-0.3, -0.25) is 0 Å². The third kappa shape index (κ3) is 1.44. The van der Waals surface area contributed by atoms with Gasteiger partial charge in [0.25, 0.3) is 0 Å². The number of hydrogen-bond donors (Lipinski definition) is 0. The molecule has 13 heavy (non-hydrogen) atoms. The lowest BCUT2D eigenvalue weighted by molar-refractivity contribution is -0.115. The molecule has 0 spiro atoms. The van der Waals surface area contributed by atoms with Crippen LogP contribution in [0.1, 0.15) is 19.3 Å². The quantitative estimate of drug-likeness (QED) is 0.478. The van der Waals surface area contributed by atoms with E-state index in [1.807, 2.05) is 0 Å². The lowest BCUT2D eigenvalue weighted by atomic mass is 9.82. The zero-order valence-electron chi connectivity index (χ0n) is 7.98. The maximum atomic E-state index is 10.9. The highest BCUT2D eigenvalue weighted by Gasteiger charge is 2.42. The minimum Gasteiger partial charge on any atom is -0.381 e. The summed E-state index contributed by atoms with van der Waals surface area (Å²) in [5.41, 5.74) is 0. The van der Waals surface area contributed by atoms with Crippen molar-refractivity contribution >= 4 is 6.29 Å². The fourth-order valence-corrected chi connectivity index (χ4v) is 2.81. The molecule has 0 unspecified atom stereocenters. The summed E-state index contributed by atoms with van der Waals surface area (Å²) in [6, 6.07) is 0. The Kier molecular flexibility index (Phi) is 2.49. The number of allylic oxidation sites excluding steroid dienone is 2. The topological polar surface area (TPSA) is 26.3 Å². The molecule has 4 atom stereocenters. The highest BCUT2D eigenvalue weighted by molar-refractivity contribution is 5.56. The molecule has 0 aromatic heterocycles. The minimum atomic E-state index is 0.139. The van der Waals surface area contributed by atoms with Crippen LogP contribution >= 0.6 is 0 Å². The van der Waals surface area contributed by atoms with E-state index in [1.165, 1.54) is 0 Å². The molecular formula is C11H16O2. The van der Waals surface area contributed by atoms with Gasteiger partial charge >= 0.3 is 0 Å². The SMILES string of the molecule is CO[C@@H]1C[C@H]2CC=CC[C@@H]2[C@H]1C=O. The van der Waals surface area contributed by atoms with E-state index in [1.54, 1.807) is 7.11 Å². The van der Waals surface area contributed by atoms with Crippen molar-refractivity contribution in [3.05, 3.63) is 12.2 Å². The lowest BCUT2D eigenvalue weighted by Crippen LogP contribution is -2.23. The first-order chi connectivity index (χ1) is 6.36. The van der Waals surface area contributed by atoms with Gasteiger partial charge in [-0.05, 0) is 31.1 Å². The van der Waals surface area contributed by atoms with Gasteiger partial charge in [-0.2, -0.15) is 0 Å². The molecule has 1 saturated carbocycles. The first-order valence-electron chi connectivity index (χ1n) is 5.00. The number of aldehydes is 1. The van der Waals surface area contributed by atoms with Crippen molar-refractivity contribution in [3.63, 3.8) is 0 Å². The molecule has 2 heteroatoms. The third-order valence-electron chi connectivity index (χ3n) is 3.54. The van der Waals surface area contributed by atoms with Crippen LogP contribution in [0.5, 0.6) is 0 Å². The van der Waals surface area contributed by atoms with Gasteiger partial charge in [-0.1, -0.05) is 12.2 Å². The van der Waals surface area contributed by atoms with Crippen LogP contribution in [0.2, 0.25) is 0 Å². The molecule has 0 saturated heterocycles. The van der Waals surface area contributed by atoms with Crippen molar-refractivity contribution in [2.75, 3.05) is 7.11 Å². The van der Waals surface area contributed by atoms with Gasteiger partial charge in [0.15, 0.2) is 0 Å². The molecule has 1 fully saturated rings. The predicted molar refractivity (Wildman–Crippen MR) is 50.3 cm³/mol. The van der Waals surface area contributed by atoms with Crippen molar-refractivity contribution in [2.45, 2.75) is 25.4 Å². The van der Waals surface area contributed by atoms with Gasteiger partial charge in [0.2, 0.25) is 0 Å². The van der Waals surface area contributed by atoms with E-state index in [9.17, 15) is 4.79 Å². The van der Waals surface area contributed by atoms with E-state index < -0.39 is 0 Å². The van der Waals surface area contributed by atoms with E-state index in [0.29, 0.717) is 11.8 Å². The van der Waals surface area contributed by atoms with Crippen LogP contribution in [0, 0.1) is 17.8 Å². The molecule has 0 radical (unpaired) electrons. The van der Waals surface area contributed by atoms with Gasteiger partial charge in [0.05, 0.1) is 6.10 Å². The molecule has 0 bridgehead atoms. The lowest BCUT2D eigenvalue weighted by Gasteiger charge is -2.23. The van der Waals surface area contributed by atoms with Gasteiger partial charge in [0.1, 0.15) is 6.29 Å². The molecule has 0 aliphatic heterocycles. The highest BCUT2D eigenvalue weighted by atomic mass is 16.5. The second-order valence-corrected chi connectivity index (χ2v) is 4.09. The molecule has 0 aromatic carbocycles. The van der Waals surface area contributed by atoms with Crippen LogP contribution in [0.4, 0.5) is 0 Å². The van der Waals surface area contributed by atoms with Crippen molar-refractivity contribution < 1.29 is 9.53 Å². The average Bonchev–Trinajstić information content (AvgIpc) is 2.55. The van der Waals surface area contributed by atoms with Gasteiger partial charge in [-0.25, -0.2) is 0 Å². The number of methoxy groups -OCH3 is 1. The monoisotopic (exact) mass is 180 g/mol. The van der Waals surface area contributed by atoms with Crippen LogP contribution in [-0.2, 0) is 9.53 Å². The van der Waals surface area contributed by atoms with E-state index in [-0.39, 0.29) is 12.0 Å². The van der Waals surface area contributed by atoms with Crippen LogP contribution in [0.25, 0.3) is 0 Å². The van der Waals surface area contributed by atoms with E-state index >= 15 is 0 Å². The Bertz CT molecular complexity index is 222. The number of ether oxygens (including phenoxy) is 1. The summed E-state index contributed by atoms with van der Waals surface area (Å²) in [5, 5.41) is 0. The molecule has 2 aliphatic carbocycles. The van der Waals surface area contributed by atoms with Crippen LogP contribution in [0.3, 0.4) is 0 Å². The van der Waals surface area contributed by atoms with E-state index in [0.717, 1.165) is 25.5 Å². The zero-order valence-corrected chi connectivity index (χ0v) is 7.98. The van der Waals surface area contributed by atoms with Gasteiger partial charge < -0.3 is 9.53 Å². The second kappa shape index (κ2) is 3.62. The Hall–Kier alpha value is -0.630. The zero-order chi connectivity index (χ0) is 9.26. The fourth-order valence-electron chi connectivity index (χ4n) is 2.81. The van der Waals surface area contributed by atoms with Gasteiger partial charge in [0, 0.05) is 13.0 Å². The summed E-state index contributed by atoms with van der Waals surface area (Å²) in [4.78, 5) is 10.9. The molecule has 2 rings (SSSR count). The summed E-state index contributed by atoms with van der Waals surface area (Å²) in [6.45, 7) is 0. The normalized spacial score (nSPS) is 43.2. The predicted octanol–water partition coefficient (Wildman–Crippen LogP) is 1.80. The smallest absolute Gasteiger partial charge is 0.125 e. The molecule has 0 heterocycles. The van der Waals surface area contributed by atoms with Crippen molar-refractivity contribution in [3.8, 4) is 0 Å². The van der Waals surface area contributed by atoms with Crippen LogP contribution in [-0.4, -0.2) is 19.5 Å². The largest absolute Gasteiger partial charge is 0.381 e. The third-order valence-corrected chi connectivity index (χ3v) is 3.54. The average molecular weight is 180 g/mol. The van der Waals surface area contributed by atoms with Gasteiger partial charge in [-0.15, -0.1) is 0 Å². The second-order valence-electron chi connectivity index (χ2n) is 4.09. The van der Waals surface area contributed by atoms with Crippen molar-refractivity contribution in [1.29, 1.82) is 0 Å². The maximum Gasteiger partial charge on any atom is 0.125 e. The Morgan fingerprint density at radius 2 is 2.15 bits per heavy atom. The van der Waals surface area contributed by atoms with Crippen molar-refractivity contribution in [2.24, 2.45) is 17.8 Å². The number of carbonyl (C=O) groups excluding carboxylic acids is 1. The molecule has 0 N–H and O–H groups in total. The van der Waals surface area contributed by atoms with Crippen molar-refractivity contribution in [1.82, 2.24) is 0 Å². The molecule has 2 aliphatic rings. The van der Waals surface area contributed by atoms with E-state index in [4.69, 9.17) is 4.74 Å². The standard InChI is InChI=1S/C11H16O2/c1-13-11-6-8-4-2-3-5-9(8)10(11)7-12/h2-3,7-11H,4-6H2,1H3/t8-,9+,10-,11-/m1/s1. The molecule has 72 valence electrons. The molecular weight excluding hydrogens is 164 g/mol. The van der Waals surface area contributed by atoms with Crippen LogP contribution < -0.4 is 0 Å². The first-order valence-corrected chi connectivity index (χ1v) is 5.00. The molecule has 0 aromatic rings. The number of carbonyl (C=O) groups is 1. The number of rotatable bonds is 2. The van der Waals surface area contributed by atoms with E-state index in [2.05, 4.69) is 12.2 Å². The number of fused-ring (bicyclic) bond motifs is 1. The Morgan fingerprint density at radius 3 is 2.85 bits per heavy atom. The Labute approximate surface area is 79.0 Å². The number of hydrogen-bond acceptors (Lipinski definition) is 2. The fraction of sp³-hybridized carbons (Fsp3) is 0.727. The first kappa shape index (κ1) is 8.95. The summed E-state index contributed by atoms with van der Waals surface area (Å²) in [5.74, 6) is 1.37. The summed E-state index contributed by atoms with van der Waals surface area (Å²) in [7, 11) is 1.71.